The highest BCUT2D eigenvalue weighted by atomic mass is 19.1. The second kappa shape index (κ2) is 6.33. The Hall–Kier alpha value is -2.67. The van der Waals surface area contributed by atoms with Crippen LogP contribution in [0.2, 0.25) is 0 Å². The molecule has 1 aliphatic heterocycles. The summed E-state index contributed by atoms with van der Waals surface area (Å²) in [6, 6.07) is 6.04. The molecule has 0 amide bonds. The Kier molecular flexibility index (Phi) is 4.34. The largest absolute Gasteiger partial charge is 0.501 e. The zero-order chi connectivity index (χ0) is 18.2. The molecule has 0 atom stereocenters. The van der Waals surface area contributed by atoms with Gasteiger partial charge in [0.2, 0.25) is 5.75 Å². The lowest BCUT2D eigenvalue weighted by atomic mass is 10.0. The number of hydrogen-bond acceptors (Lipinski definition) is 5. The van der Waals surface area contributed by atoms with Gasteiger partial charge in [-0.3, -0.25) is 9.36 Å². The Bertz CT molecular complexity index is 872. The van der Waals surface area contributed by atoms with Crippen LogP contribution >= 0.6 is 0 Å². The first-order valence-electron chi connectivity index (χ1n) is 8.06. The molecule has 0 saturated heterocycles. The van der Waals surface area contributed by atoms with Gasteiger partial charge in [-0.1, -0.05) is 18.7 Å². The number of nitrogens with zero attached hydrogens (tertiary/aromatic N) is 2. The summed E-state index contributed by atoms with van der Waals surface area (Å²) in [5.41, 5.74) is 0.355. The van der Waals surface area contributed by atoms with Crippen LogP contribution in [0.4, 0.5) is 4.39 Å². The van der Waals surface area contributed by atoms with E-state index in [9.17, 15) is 14.3 Å². The van der Waals surface area contributed by atoms with Gasteiger partial charge in [-0.15, -0.1) is 0 Å². The summed E-state index contributed by atoms with van der Waals surface area (Å²) in [4.78, 5) is 17.0. The van der Waals surface area contributed by atoms with E-state index >= 15 is 0 Å². The van der Waals surface area contributed by atoms with Gasteiger partial charge in [0.25, 0.3) is 5.56 Å². The molecule has 0 bridgehead atoms. The van der Waals surface area contributed by atoms with Crippen molar-refractivity contribution in [3.63, 3.8) is 0 Å². The van der Waals surface area contributed by atoms with Gasteiger partial charge in [-0.2, -0.15) is 0 Å². The van der Waals surface area contributed by atoms with E-state index in [4.69, 9.17) is 0 Å². The predicted molar refractivity (Wildman–Crippen MR) is 93.5 cm³/mol. The number of hydrogen-bond donors (Lipinski definition) is 3. The first-order chi connectivity index (χ1) is 11.8. The molecule has 0 aliphatic carbocycles. The molecular formula is C18H21FN4O2. The van der Waals surface area contributed by atoms with Gasteiger partial charge in [0.05, 0.1) is 11.2 Å². The average molecular weight is 344 g/mol. The van der Waals surface area contributed by atoms with E-state index in [1.54, 1.807) is 12.1 Å². The monoisotopic (exact) mass is 344 g/mol. The molecule has 0 spiro atoms. The van der Waals surface area contributed by atoms with Crippen LogP contribution in [0.25, 0.3) is 5.70 Å². The molecule has 7 heteroatoms. The van der Waals surface area contributed by atoms with Gasteiger partial charge in [-0.05, 0) is 31.5 Å². The van der Waals surface area contributed by atoms with Crippen molar-refractivity contribution in [3.05, 3.63) is 64.1 Å². The highest BCUT2D eigenvalue weighted by Crippen LogP contribution is 2.25. The van der Waals surface area contributed by atoms with E-state index in [0.717, 1.165) is 5.56 Å². The maximum Gasteiger partial charge on any atom is 0.296 e. The van der Waals surface area contributed by atoms with Crippen molar-refractivity contribution in [1.82, 2.24) is 20.2 Å². The number of fused-ring (bicyclic) bond motifs is 1. The summed E-state index contributed by atoms with van der Waals surface area (Å²) in [5, 5.41) is 16.6. The fourth-order valence-corrected chi connectivity index (χ4v) is 2.89. The number of rotatable bonds is 4. The van der Waals surface area contributed by atoms with Crippen LogP contribution in [-0.2, 0) is 18.6 Å². The fraction of sp³-hybridized carbons (Fsp3) is 0.333. The molecule has 132 valence electrons. The first kappa shape index (κ1) is 17.2. The summed E-state index contributed by atoms with van der Waals surface area (Å²) in [6.07, 6.45) is 0. The molecule has 0 saturated carbocycles. The lowest BCUT2D eigenvalue weighted by molar-refractivity contribution is 0.298. The maximum absolute atomic E-state index is 13.0. The second-order valence-electron chi connectivity index (χ2n) is 6.60. The number of nitrogens with one attached hydrogen (secondary N) is 2. The molecule has 2 heterocycles. The van der Waals surface area contributed by atoms with E-state index in [1.807, 2.05) is 13.8 Å². The summed E-state index contributed by atoms with van der Waals surface area (Å²) < 4.78 is 14.4. The molecule has 25 heavy (non-hydrogen) atoms. The van der Waals surface area contributed by atoms with Crippen LogP contribution in [0, 0.1) is 5.82 Å². The number of aromatic hydroxyl groups is 1. The smallest absolute Gasteiger partial charge is 0.296 e. The van der Waals surface area contributed by atoms with Crippen molar-refractivity contribution >= 4 is 5.70 Å². The Morgan fingerprint density at radius 2 is 2.12 bits per heavy atom. The number of aromatic nitrogens is 2. The van der Waals surface area contributed by atoms with Crippen LogP contribution in [0.5, 0.6) is 5.75 Å². The molecule has 1 aromatic heterocycles. The quantitative estimate of drug-likeness (QED) is 0.787. The number of benzene rings is 1. The summed E-state index contributed by atoms with van der Waals surface area (Å²) in [5.74, 6) is -0.168. The molecule has 1 aliphatic rings. The summed E-state index contributed by atoms with van der Waals surface area (Å²) in [6.45, 7) is 9.20. The van der Waals surface area contributed by atoms with Crippen molar-refractivity contribution in [2.75, 3.05) is 6.54 Å². The van der Waals surface area contributed by atoms with Crippen LogP contribution in [0.15, 0.2) is 35.6 Å². The molecular weight excluding hydrogens is 323 g/mol. The average Bonchev–Trinajstić information content (AvgIpc) is 2.57. The first-order valence-corrected chi connectivity index (χ1v) is 8.06. The standard InChI is InChI=1S/C18H21FN4O2/c1-11(20-10-12-4-6-13(19)7-5-12)14-15(24)16(25)23-9-8-21-18(2,3)17(23)22-14/h4-7,20-21,24H,1,8-10H2,2-3H3. The van der Waals surface area contributed by atoms with Gasteiger partial charge in [0, 0.05) is 19.6 Å². The zero-order valence-corrected chi connectivity index (χ0v) is 14.3. The molecule has 0 radical (unpaired) electrons. The molecule has 3 N–H and O–H groups in total. The molecule has 6 nitrogen and oxygen atoms in total. The third-order valence-corrected chi connectivity index (χ3v) is 4.31. The Morgan fingerprint density at radius 3 is 2.80 bits per heavy atom. The van der Waals surface area contributed by atoms with Gasteiger partial charge in [0.15, 0.2) is 0 Å². The van der Waals surface area contributed by atoms with Crippen LogP contribution in [0.3, 0.4) is 0 Å². The van der Waals surface area contributed by atoms with E-state index in [-0.39, 0.29) is 11.5 Å². The predicted octanol–water partition coefficient (Wildman–Crippen LogP) is 1.69. The Morgan fingerprint density at radius 1 is 1.44 bits per heavy atom. The van der Waals surface area contributed by atoms with E-state index < -0.39 is 16.8 Å². The van der Waals surface area contributed by atoms with E-state index in [2.05, 4.69) is 22.2 Å². The van der Waals surface area contributed by atoms with Crippen molar-refractivity contribution in [2.24, 2.45) is 0 Å². The maximum atomic E-state index is 13.0. The Balaban J connectivity index is 1.89. The highest BCUT2D eigenvalue weighted by molar-refractivity contribution is 5.63. The SMILES string of the molecule is C=C(NCc1ccc(F)cc1)c1nc2n(c(=O)c1O)CCNC2(C)C. The Labute approximate surface area is 145 Å². The van der Waals surface area contributed by atoms with Crippen molar-refractivity contribution in [3.8, 4) is 5.75 Å². The molecule has 3 rings (SSSR count). The van der Waals surface area contributed by atoms with Gasteiger partial charge >= 0.3 is 0 Å². The van der Waals surface area contributed by atoms with Gasteiger partial charge in [0.1, 0.15) is 17.3 Å². The normalized spacial score (nSPS) is 15.5. The van der Waals surface area contributed by atoms with E-state index in [1.165, 1.54) is 16.7 Å². The van der Waals surface area contributed by atoms with Gasteiger partial charge in [-0.25, -0.2) is 9.37 Å². The van der Waals surface area contributed by atoms with Crippen molar-refractivity contribution in [1.29, 1.82) is 0 Å². The topological polar surface area (TPSA) is 79.2 Å². The zero-order valence-electron chi connectivity index (χ0n) is 14.3. The van der Waals surface area contributed by atoms with Crippen LogP contribution < -0.4 is 16.2 Å². The van der Waals surface area contributed by atoms with Crippen LogP contribution in [-0.4, -0.2) is 21.2 Å². The lowest BCUT2D eigenvalue weighted by Crippen LogP contribution is -2.49. The van der Waals surface area contributed by atoms with Gasteiger partial charge < -0.3 is 15.7 Å². The minimum Gasteiger partial charge on any atom is -0.501 e. The van der Waals surface area contributed by atoms with E-state index in [0.29, 0.717) is 31.2 Å². The highest BCUT2D eigenvalue weighted by Gasteiger charge is 2.32. The van der Waals surface area contributed by atoms with Crippen LogP contribution in [0.1, 0.15) is 30.9 Å². The third kappa shape index (κ3) is 3.28. The molecule has 0 unspecified atom stereocenters. The summed E-state index contributed by atoms with van der Waals surface area (Å²) >= 11 is 0. The fourth-order valence-electron chi connectivity index (χ4n) is 2.89. The minimum atomic E-state index is -0.489. The van der Waals surface area contributed by atoms with Crippen molar-refractivity contribution in [2.45, 2.75) is 32.5 Å². The molecule has 1 aromatic carbocycles. The molecule has 0 fully saturated rings. The number of halogens is 1. The summed E-state index contributed by atoms with van der Waals surface area (Å²) in [7, 11) is 0. The third-order valence-electron chi connectivity index (χ3n) is 4.31. The second-order valence-corrected chi connectivity index (χ2v) is 6.60. The molecule has 2 aromatic rings. The minimum absolute atomic E-state index is 0.134. The van der Waals surface area contributed by atoms with Crippen molar-refractivity contribution < 1.29 is 9.50 Å². The lowest BCUT2D eigenvalue weighted by Gasteiger charge is -2.33.